The van der Waals surface area contributed by atoms with Crippen LogP contribution in [0.5, 0.6) is 0 Å². The van der Waals surface area contributed by atoms with Crippen LogP contribution in [0, 0.1) is 16.0 Å². The van der Waals surface area contributed by atoms with Crippen LogP contribution >= 0.6 is 0 Å². The number of nitrogens with one attached hydrogen (secondary N) is 1. The highest BCUT2D eigenvalue weighted by Gasteiger charge is 2.19. The van der Waals surface area contributed by atoms with E-state index in [1.165, 1.54) is 18.9 Å². The number of ether oxygens (including phenoxy) is 1. The van der Waals surface area contributed by atoms with Crippen molar-refractivity contribution in [1.82, 2.24) is 0 Å². The van der Waals surface area contributed by atoms with Crippen LogP contribution in [0.2, 0.25) is 0 Å². The third kappa shape index (κ3) is 4.43. The summed E-state index contributed by atoms with van der Waals surface area (Å²) < 4.78 is 5.98. The molecule has 0 radical (unpaired) electrons. The second kappa shape index (κ2) is 7.41. The van der Waals surface area contributed by atoms with Gasteiger partial charge in [0.15, 0.2) is 0 Å². The lowest BCUT2D eigenvalue weighted by Gasteiger charge is -2.26. The summed E-state index contributed by atoms with van der Waals surface area (Å²) in [7, 11) is 0. The smallest absolute Gasteiger partial charge is 0.269 e. The summed E-state index contributed by atoms with van der Waals surface area (Å²) in [5.74, 6) is 0.792. The molecule has 1 aromatic rings. The van der Waals surface area contributed by atoms with Crippen molar-refractivity contribution in [2.24, 2.45) is 5.92 Å². The van der Waals surface area contributed by atoms with Gasteiger partial charge in [-0.1, -0.05) is 6.92 Å². The fourth-order valence-electron chi connectivity index (χ4n) is 2.78. The first-order valence-corrected chi connectivity index (χ1v) is 7.73. The van der Waals surface area contributed by atoms with Gasteiger partial charge >= 0.3 is 0 Å². The predicted molar refractivity (Wildman–Crippen MR) is 83.5 cm³/mol. The molecular formula is C16H24N2O3. The zero-order valence-corrected chi connectivity index (χ0v) is 12.8. The Morgan fingerprint density at radius 3 is 2.67 bits per heavy atom. The number of nitro benzene ring substituents is 1. The van der Waals surface area contributed by atoms with Crippen molar-refractivity contribution in [1.29, 1.82) is 0 Å². The molecule has 21 heavy (non-hydrogen) atoms. The lowest BCUT2D eigenvalue weighted by atomic mass is 9.89. The highest BCUT2D eigenvalue weighted by molar-refractivity contribution is 5.55. The Kier molecular flexibility index (Phi) is 5.56. The first-order chi connectivity index (χ1) is 10.1. The minimum atomic E-state index is -0.360. The molecule has 0 amide bonds. The summed E-state index contributed by atoms with van der Waals surface area (Å²) in [6, 6.07) is 4.91. The lowest BCUT2D eigenvalue weighted by molar-refractivity contribution is -0.384. The lowest BCUT2D eigenvalue weighted by Crippen LogP contribution is -2.20. The summed E-state index contributed by atoms with van der Waals surface area (Å²) in [5.41, 5.74) is 1.91. The van der Waals surface area contributed by atoms with Gasteiger partial charge in [0.25, 0.3) is 5.69 Å². The zero-order valence-electron chi connectivity index (χ0n) is 12.8. The molecule has 0 spiro atoms. The van der Waals surface area contributed by atoms with Crippen LogP contribution in [0.15, 0.2) is 18.2 Å². The maximum absolute atomic E-state index is 10.9. The Hall–Kier alpha value is -1.62. The monoisotopic (exact) mass is 292 g/mol. The maximum atomic E-state index is 10.9. The van der Waals surface area contributed by atoms with E-state index >= 15 is 0 Å². The van der Waals surface area contributed by atoms with Crippen LogP contribution in [0.3, 0.4) is 0 Å². The van der Waals surface area contributed by atoms with Gasteiger partial charge in [-0.15, -0.1) is 0 Å². The van der Waals surface area contributed by atoms with Gasteiger partial charge in [-0.3, -0.25) is 10.1 Å². The number of benzene rings is 1. The van der Waals surface area contributed by atoms with Gasteiger partial charge in [-0.05, 0) is 44.6 Å². The molecule has 0 atom stereocenters. The normalized spacial score (nSPS) is 22.0. The summed E-state index contributed by atoms with van der Waals surface area (Å²) >= 11 is 0. The van der Waals surface area contributed by atoms with Gasteiger partial charge in [0.05, 0.1) is 17.6 Å². The van der Waals surface area contributed by atoms with E-state index in [-0.39, 0.29) is 16.7 Å². The van der Waals surface area contributed by atoms with Gasteiger partial charge in [0.1, 0.15) is 0 Å². The van der Waals surface area contributed by atoms with Crippen LogP contribution in [-0.2, 0) is 11.3 Å². The van der Waals surface area contributed by atoms with Crippen LogP contribution < -0.4 is 5.32 Å². The van der Waals surface area contributed by atoms with Crippen LogP contribution in [0.4, 0.5) is 11.4 Å². The molecule has 116 valence electrons. The zero-order chi connectivity index (χ0) is 15.2. The molecule has 1 saturated carbocycles. The first kappa shape index (κ1) is 15.8. The summed E-state index contributed by atoms with van der Waals surface area (Å²) in [6.07, 6.45) is 4.88. The molecular weight excluding hydrogens is 268 g/mol. The second-order valence-electron chi connectivity index (χ2n) is 5.82. The van der Waals surface area contributed by atoms with Crippen molar-refractivity contribution < 1.29 is 9.66 Å². The van der Waals surface area contributed by atoms with E-state index in [0.717, 1.165) is 36.6 Å². The molecule has 0 aromatic heterocycles. The van der Waals surface area contributed by atoms with E-state index in [9.17, 15) is 10.1 Å². The van der Waals surface area contributed by atoms with Crippen LogP contribution in [0.25, 0.3) is 0 Å². The maximum Gasteiger partial charge on any atom is 0.269 e. The molecule has 1 fully saturated rings. The SMILES string of the molecule is CCNc1ccc([N+](=O)[O-])cc1COC1CCC(C)CC1. The van der Waals surface area contributed by atoms with Gasteiger partial charge in [0, 0.05) is 29.9 Å². The largest absolute Gasteiger partial charge is 0.385 e. The van der Waals surface area contributed by atoms with Crippen molar-refractivity contribution in [2.75, 3.05) is 11.9 Å². The molecule has 2 rings (SSSR count). The van der Waals surface area contributed by atoms with Crippen LogP contribution in [0.1, 0.15) is 45.1 Å². The van der Waals surface area contributed by atoms with Crippen molar-refractivity contribution >= 4 is 11.4 Å². The Labute approximate surface area is 125 Å². The molecule has 0 saturated heterocycles. The van der Waals surface area contributed by atoms with E-state index in [4.69, 9.17) is 4.74 Å². The van der Waals surface area contributed by atoms with Crippen molar-refractivity contribution in [3.8, 4) is 0 Å². The molecule has 0 aliphatic heterocycles. The average molecular weight is 292 g/mol. The van der Waals surface area contributed by atoms with Crippen molar-refractivity contribution in [2.45, 2.75) is 52.2 Å². The Morgan fingerprint density at radius 1 is 1.33 bits per heavy atom. The van der Waals surface area contributed by atoms with Crippen molar-refractivity contribution in [3.63, 3.8) is 0 Å². The number of anilines is 1. The Morgan fingerprint density at radius 2 is 2.05 bits per heavy atom. The van der Waals surface area contributed by atoms with Gasteiger partial charge in [0.2, 0.25) is 0 Å². The van der Waals surface area contributed by atoms with E-state index < -0.39 is 0 Å². The molecule has 0 heterocycles. The molecule has 1 N–H and O–H groups in total. The van der Waals surface area contributed by atoms with Gasteiger partial charge in [-0.25, -0.2) is 0 Å². The molecule has 0 bridgehead atoms. The molecule has 0 unspecified atom stereocenters. The molecule has 1 aliphatic carbocycles. The summed E-state index contributed by atoms with van der Waals surface area (Å²) in [4.78, 5) is 10.5. The topological polar surface area (TPSA) is 64.4 Å². The number of rotatable bonds is 6. The highest BCUT2D eigenvalue weighted by atomic mass is 16.6. The van der Waals surface area contributed by atoms with Crippen molar-refractivity contribution in [3.05, 3.63) is 33.9 Å². The highest BCUT2D eigenvalue weighted by Crippen LogP contribution is 2.28. The molecule has 5 heteroatoms. The first-order valence-electron chi connectivity index (χ1n) is 7.73. The van der Waals surface area contributed by atoms with Crippen LogP contribution in [-0.4, -0.2) is 17.6 Å². The minimum Gasteiger partial charge on any atom is -0.385 e. The predicted octanol–water partition coefficient (Wildman–Crippen LogP) is 4.12. The fraction of sp³-hybridized carbons (Fsp3) is 0.625. The number of nitro groups is 1. The van der Waals surface area contributed by atoms with E-state index in [1.54, 1.807) is 12.1 Å². The van der Waals surface area contributed by atoms with E-state index in [0.29, 0.717) is 6.61 Å². The Bertz CT molecular complexity index is 482. The third-order valence-electron chi connectivity index (χ3n) is 4.10. The second-order valence-corrected chi connectivity index (χ2v) is 5.82. The quantitative estimate of drug-likeness (QED) is 0.632. The van der Waals surface area contributed by atoms with Gasteiger partial charge < -0.3 is 10.1 Å². The number of non-ortho nitro benzene ring substituents is 1. The molecule has 1 aromatic carbocycles. The van der Waals surface area contributed by atoms with E-state index in [2.05, 4.69) is 12.2 Å². The fourth-order valence-corrected chi connectivity index (χ4v) is 2.78. The minimum absolute atomic E-state index is 0.118. The number of hydrogen-bond donors (Lipinski definition) is 1. The summed E-state index contributed by atoms with van der Waals surface area (Å²) in [6.45, 7) is 5.50. The van der Waals surface area contributed by atoms with Gasteiger partial charge in [-0.2, -0.15) is 0 Å². The standard InChI is InChI=1S/C16H24N2O3/c1-3-17-16-9-6-14(18(19)20)10-13(16)11-21-15-7-4-12(2)5-8-15/h6,9-10,12,15,17H,3-5,7-8,11H2,1-2H3. The number of nitrogens with zero attached hydrogens (tertiary/aromatic N) is 1. The van der Waals surface area contributed by atoms with E-state index in [1.807, 2.05) is 6.92 Å². The number of hydrogen-bond acceptors (Lipinski definition) is 4. The summed E-state index contributed by atoms with van der Waals surface area (Å²) in [5, 5.41) is 14.1. The average Bonchev–Trinajstić information content (AvgIpc) is 2.48. The third-order valence-corrected chi connectivity index (χ3v) is 4.10. The Balaban J connectivity index is 2.02. The molecule has 1 aliphatic rings. The molecule has 5 nitrogen and oxygen atoms in total.